The van der Waals surface area contributed by atoms with Crippen LogP contribution in [0.1, 0.15) is 5.56 Å². The number of hydrogen-bond donors (Lipinski definition) is 0. The van der Waals surface area contributed by atoms with Crippen molar-refractivity contribution in [3.8, 4) is 0 Å². The predicted octanol–water partition coefficient (Wildman–Crippen LogP) is 2.49. The summed E-state index contributed by atoms with van der Waals surface area (Å²) in [6, 6.07) is 19.5. The number of benzene rings is 3. The number of carbonyl (C=O) groups is 1. The monoisotopic (exact) mass is 497 g/mol. The lowest BCUT2D eigenvalue weighted by atomic mass is 10.1. The fourth-order valence-corrected chi connectivity index (χ4v) is 7.19. The second-order valence-corrected chi connectivity index (χ2v) is 11.8. The first-order valence-electron chi connectivity index (χ1n) is 10.8. The van der Waals surface area contributed by atoms with Gasteiger partial charge in [-0.15, -0.1) is 0 Å². The number of sulfonamides is 2. The molecule has 0 radical (unpaired) electrons. The number of carbonyl (C=O) groups excluding carboxylic acids is 1. The summed E-state index contributed by atoms with van der Waals surface area (Å²) in [4.78, 5) is 14.7. The zero-order valence-electron chi connectivity index (χ0n) is 18.2. The summed E-state index contributed by atoms with van der Waals surface area (Å²) in [5, 5.41) is 2.60. The summed E-state index contributed by atoms with van der Waals surface area (Å²) in [7, 11) is -7.46. The maximum atomic E-state index is 13.1. The number of piperazine rings is 1. The van der Waals surface area contributed by atoms with E-state index in [1.165, 1.54) is 14.6 Å². The highest BCUT2D eigenvalue weighted by atomic mass is 32.2. The molecular formula is C24H23N3O5S2. The molecule has 8 nitrogen and oxygen atoms in total. The molecule has 1 saturated heterocycles. The third kappa shape index (κ3) is 3.97. The number of hydrogen-bond acceptors (Lipinski definition) is 5. The summed E-state index contributed by atoms with van der Waals surface area (Å²) >= 11 is 0. The largest absolute Gasteiger partial charge is 0.338 e. The first-order valence-corrected chi connectivity index (χ1v) is 13.8. The third-order valence-electron chi connectivity index (χ3n) is 6.14. The highest BCUT2D eigenvalue weighted by Crippen LogP contribution is 2.41. The van der Waals surface area contributed by atoms with Gasteiger partial charge in [-0.2, -0.15) is 4.31 Å². The minimum absolute atomic E-state index is 0.149. The van der Waals surface area contributed by atoms with Gasteiger partial charge in [-0.3, -0.25) is 9.10 Å². The lowest BCUT2D eigenvalue weighted by Gasteiger charge is -2.34. The van der Waals surface area contributed by atoms with Crippen LogP contribution >= 0.6 is 0 Å². The zero-order chi connectivity index (χ0) is 23.9. The standard InChI is InChI=1S/C24H23N3O5S2/c28-23(18-27-21-10-4-8-20-9-5-11-22(24(20)21)34(27,31)32)25-13-15-26(16-14-25)33(29,30)17-12-19-6-2-1-3-7-19/h1-12,17H,13-16,18H2/b17-12+. The summed E-state index contributed by atoms with van der Waals surface area (Å²) in [6.07, 6.45) is 1.54. The van der Waals surface area contributed by atoms with Crippen molar-refractivity contribution in [3.05, 3.63) is 77.7 Å². The van der Waals surface area contributed by atoms with E-state index in [2.05, 4.69) is 0 Å². The van der Waals surface area contributed by atoms with Crippen molar-refractivity contribution < 1.29 is 21.6 Å². The molecule has 3 aromatic rings. The zero-order valence-corrected chi connectivity index (χ0v) is 19.9. The van der Waals surface area contributed by atoms with Gasteiger partial charge in [0.2, 0.25) is 15.9 Å². The lowest BCUT2D eigenvalue weighted by Crippen LogP contribution is -2.52. The molecule has 34 heavy (non-hydrogen) atoms. The van der Waals surface area contributed by atoms with Crippen LogP contribution in [0.5, 0.6) is 0 Å². The number of rotatable bonds is 5. The normalized spacial score (nSPS) is 18.1. The quantitative estimate of drug-likeness (QED) is 0.540. The molecule has 0 bridgehead atoms. The van der Waals surface area contributed by atoms with Crippen molar-refractivity contribution >= 4 is 48.5 Å². The van der Waals surface area contributed by atoms with Gasteiger partial charge >= 0.3 is 0 Å². The summed E-state index contributed by atoms with van der Waals surface area (Å²) < 4.78 is 54.1. The van der Waals surface area contributed by atoms with Gasteiger partial charge in [-0.05, 0) is 29.2 Å². The van der Waals surface area contributed by atoms with E-state index in [4.69, 9.17) is 0 Å². The van der Waals surface area contributed by atoms with Crippen LogP contribution in [0.3, 0.4) is 0 Å². The van der Waals surface area contributed by atoms with E-state index in [9.17, 15) is 21.6 Å². The van der Waals surface area contributed by atoms with Crippen LogP contribution in [-0.2, 0) is 24.8 Å². The molecule has 0 aromatic heterocycles. The molecule has 2 aliphatic heterocycles. The number of nitrogens with zero attached hydrogens (tertiary/aromatic N) is 3. The van der Waals surface area contributed by atoms with Crippen LogP contribution in [0.25, 0.3) is 16.8 Å². The molecule has 5 rings (SSSR count). The summed E-state index contributed by atoms with van der Waals surface area (Å²) in [5.41, 5.74) is 1.27. The SMILES string of the molecule is O=C(CN1c2cccc3cccc(c23)S1(=O)=O)N1CCN(S(=O)(=O)/C=C/c2ccccc2)CC1. The molecule has 0 unspecified atom stereocenters. The fraction of sp³-hybridized carbons (Fsp3) is 0.208. The molecule has 176 valence electrons. The smallest absolute Gasteiger partial charge is 0.265 e. The Bertz CT molecular complexity index is 1490. The van der Waals surface area contributed by atoms with Gasteiger partial charge in [0.1, 0.15) is 6.54 Å². The molecule has 0 aliphatic carbocycles. The van der Waals surface area contributed by atoms with E-state index in [1.54, 1.807) is 30.3 Å². The summed E-state index contributed by atoms with van der Waals surface area (Å²) in [6.45, 7) is 0.368. The molecule has 2 aliphatic rings. The minimum atomic E-state index is -3.83. The minimum Gasteiger partial charge on any atom is -0.338 e. The van der Waals surface area contributed by atoms with Crippen LogP contribution in [-0.4, -0.2) is 64.7 Å². The van der Waals surface area contributed by atoms with Crippen LogP contribution < -0.4 is 4.31 Å². The van der Waals surface area contributed by atoms with Crippen molar-refractivity contribution in [1.29, 1.82) is 0 Å². The van der Waals surface area contributed by atoms with Crippen molar-refractivity contribution in [2.24, 2.45) is 0 Å². The van der Waals surface area contributed by atoms with Gasteiger partial charge in [0.25, 0.3) is 10.0 Å². The van der Waals surface area contributed by atoms with Crippen molar-refractivity contribution in [2.75, 3.05) is 37.0 Å². The Kier molecular flexibility index (Phi) is 5.67. The maximum Gasteiger partial charge on any atom is 0.265 e. The molecule has 1 amide bonds. The van der Waals surface area contributed by atoms with E-state index in [-0.39, 0.29) is 43.5 Å². The Balaban J connectivity index is 1.27. The predicted molar refractivity (Wildman–Crippen MR) is 131 cm³/mol. The highest BCUT2D eigenvalue weighted by molar-refractivity contribution is 7.93. The maximum absolute atomic E-state index is 13.1. The van der Waals surface area contributed by atoms with E-state index >= 15 is 0 Å². The van der Waals surface area contributed by atoms with Gasteiger partial charge in [0.15, 0.2) is 0 Å². The Morgan fingerprint density at radius 2 is 1.56 bits per heavy atom. The van der Waals surface area contributed by atoms with Gasteiger partial charge in [0, 0.05) is 37.0 Å². The average Bonchev–Trinajstić information content (AvgIpc) is 3.07. The van der Waals surface area contributed by atoms with Gasteiger partial charge < -0.3 is 4.90 Å². The Morgan fingerprint density at radius 1 is 0.882 bits per heavy atom. The van der Waals surface area contributed by atoms with Crippen LogP contribution in [0.2, 0.25) is 0 Å². The fourth-order valence-electron chi connectivity index (χ4n) is 4.36. The van der Waals surface area contributed by atoms with Crippen molar-refractivity contribution in [1.82, 2.24) is 9.21 Å². The first kappa shape index (κ1) is 22.6. The lowest BCUT2D eigenvalue weighted by molar-refractivity contribution is -0.130. The number of anilines is 1. The van der Waals surface area contributed by atoms with E-state index in [0.717, 1.165) is 15.3 Å². The molecule has 10 heteroatoms. The molecular weight excluding hydrogens is 474 g/mol. The second kappa shape index (κ2) is 8.53. The Morgan fingerprint density at radius 3 is 2.26 bits per heavy atom. The topological polar surface area (TPSA) is 95.1 Å². The second-order valence-electron chi connectivity index (χ2n) is 8.18. The van der Waals surface area contributed by atoms with E-state index in [1.807, 2.05) is 42.5 Å². The number of amides is 1. The Labute approximate surface area is 198 Å². The van der Waals surface area contributed by atoms with E-state index < -0.39 is 20.0 Å². The van der Waals surface area contributed by atoms with Crippen LogP contribution in [0.4, 0.5) is 5.69 Å². The van der Waals surface area contributed by atoms with Gasteiger partial charge in [-0.1, -0.05) is 54.6 Å². The van der Waals surface area contributed by atoms with Gasteiger partial charge in [0.05, 0.1) is 10.6 Å². The molecule has 2 heterocycles. The van der Waals surface area contributed by atoms with Crippen molar-refractivity contribution in [2.45, 2.75) is 4.90 Å². The molecule has 1 fully saturated rings. The molecule has 0 spiro atoms. The molecule has 0 atom stereocenters. The Hall–Kier alpha value is -3.21. The molecule has 3 aromatic carbocycles. The average molecular weight is 498 g/mol. The van der Waals surface area contributed by atoms with Gasteiger partial charge in [-0.25, -0.2) is 16.8 Å². The summed E-state index contributed by atoms with van der Waals surface area (Å²) in [5.74, 6) is -0.356. The molecule has 0 saturated carbocycles. The third-order valence-corrected chi connectivity index (χ3v) is 9.51. The van der Waals surface area contributed by atoms with Crippen LogP contribution in [0, 0.1) is 0 Å². The molecule has 0 N–H and O–H groups in total. The van der Waals surface area contributed by atoms with E-state index in [0.29, 0.717) is 11.1 Å². The van der Waals surface area contributed by atoms with Crippen molar-refractivity contribution in [3.63, 3.8) is 0 Å². The van der Waals surface area contributed by atoms with Crippen LogP contribution in [0.15, 0.2) is 77.0 Å². The highest BCUT2D eigenvalue weighted by Gasteiger charge is 2.38. The first-order chi connectivity index (χ1) is 16.3.